The second-order valence-electron chi connectivity index (χ2n) is 6.18. The Morgan fingerprint density at radius 1 is 1.30 bits per heavy atom. The number of aryl methyl sites for hydroxylation is 1. The highest BCUT2D eigenvalue weighted by Crippen LogP contribution is 2.46. The zero-order valence-electron chi connectivity index (χ0n) is 12.3. The van der Waals surface area contributed by atoms with Gasteiger partial charge in [-0.1, -0.05) is 12.8 Å². The lowest BCUT2D eigenvalue weighted by molar-refractivity contribution is 0.0886. The van der Waals surface area contributed by atoms with Crippen LogP contribution < -0.4 is 5.73 Å². The second kappa shape index (κ2) is 5.78. The molecule has 3 rings (SSSR count). The first-order valence-corrected chi connectivity index (χ1v) is 8.70. The summed E-state index contributed by atoms with van der Waals surface area (Å²) < 4.78 is 3.13. The molecule has 1 atom stereocenters. The highest BCUT2D eigenvalue weighted by Gasteiger charge is 2.47. The number of aromatic nitrogens is 2. The molecule has 20 heavy (non-hydrogen) atoms. The zero-order valence-corrected chi connectivity index (χ0v) is 13.9. The van der Waals surface area contributed by atoms with Crippen LogP contribution in [0, 0.1) is 0 Å². The number of nitrogens with two attached hydrogens (primary N) is 1. The Balaban J connectivity index is 1.96. The van der Waals surface area contributed by atoms with Crippen LogP contribution in [0.4, 0.5) is 0 Å². The van der Waals surface area contributed by atoms with Crippen LogP contribution in [-0.4, -0.2) is 33.3 Å². The van der Waals surface area contributed by atoms with E-state index in [9.17, 15) is 0 Å². The van der Waals surface area contributed by atoms with E-state index in [0.29, 0.717) is 0 Å². The largest absolute Gasteiger partial charge is 0.321 e. The molecule has 0 spiro atoms. The predicted molar refractivity (Wildman–Crippen MR) is 84.5 cm³/mol. The molecule has 1 saturated carbocycles. The van der Waals surface area contributed by atoms with E-state index in [1.54, 1.807) is 0 Å². The first kappa shape index (κ1) is 14.5. The third-order valence-corrected chi connectivity index (χ3v) is 5.82. The van der Waals surface area contributed by atoms with Gasteiger partial charge in [-0.05, 0) is 61.6 Å². The third-order valence-electron chi connectivity index (χ3n) is 5.21. The lowest BCUT2D eigenvalue weighted by Crippen LogP contribution is -2.53. The van der Waals surface area contributed by atoms with Gasteiger partial charge in [-0.3, -0.25) is 9.58 Å². The van der Waals surface area contributed by atoms with Crippen LogP contribution in [0.1, 0.15) is 57.2 Å². The fourth-order valence-corrected chi connectivity index (χ4v) is 4.70. The summed E-state index contributed by atoms with van der Waals surface area (Å²) in [7, 11) is 0. The number of hydrogen-bond donors (Lipinski definition) is 1. The molecule has 112 valence electrons. The minimum atomic E-state index is 0.0555. The van der Waals surface area contributed by atoms with E-state index >= 15 is 0 Å². The van der Waals surface area contributed by atoms with Gasteiger partial charge in [0.2, 0.25) is 0 Å². The summed E-state index contributed by atoms with van der Waals surface area (Å²) >= 11 is 3.66. The van der Waals surface area contributed by atoms with Crippen molar-refractivity contribution in [2.24, 2.45) is 5.73 Å². The first-order valence-electron chi connectivity index (χ1n) is 7.91. The molecule has 1 unspecified atom stereocenters. The molecule has 0 aromatic carbocycles. The fourth-order valence-electron chi connectivity index (χ4n) is 4.16. The van der Waals surface area contributed by atoms with Gasteiger partial charge in [-0.15, -0.1) is 0 Å². The maximum absolute atomic E-state index is 6.80. The van der Waals surface area contributed by atoms with Crippen LogP contribution in [0.2, 0.25) is 0 Å². The van der Waals surface area contributed by atoms with E-state index in [1.165, 1.54) is 57.3 Å². The molecule has 4 nitrogen and oxygen atoms in total. The van der Waals surface area contributed by atoms with Gasteiger partial charge >= 0.3 is 0 Å². The van der Waals surface area contributed by atoms with Crippen molar-refractivity contribution < 1.29 is 0 Å². The monoisotopic (exact) mass is 340 g/mol. The van der Waals surface area contributed by atoms with Crippen molar-refractivity contribution in [3.05, 3.63) is 16.4 Å². The van der Waals surface area contributed by atoms with Gasteiger partial charge < -0.3 is 5.73 Å². The van der Waals surface area contributed by atoms with Crippen molar-refractivity contribution >= 4 is 15.9 Å². The number of rotatable bonds is 4. The molecule has 2 N–H and O–H groups in total. The van der Waals surface area contributed by atoms with Gasteiger partial charge in [0.25, 0.3) is 0 Å². The fraction of sp³-hybridized carbons (Fsp3) is 0.800. The normalized spacial score (nSPS) is 24.4. The summed E-state index contributed by atoms with van der Waals surface area (Å²) in [4.78, 5) is 2.67. The van der Waals surface area contributed by atoms with Gasteiger partial charge in [0.05, 0.1) is 22.4 Å². The van der Waals surface area contributed by atoms with Crippen LogP contribution in [0.15, 0.2) is 10.7 Å². The molecule has 2 heterocycles. The number of nitrogens with zero attached hydrogens (tertiary/aromatic N) is 3. The number of halogens is 1. The van der Waals surface area contributed by atoms with Gasteiger partial charge in [-0.25, -0.2) is 0 Å². The van der Waals surface area contributed by atoms with Crippen LogP contribution in [0.3, 0.4) is 0 Å². The highest BCUT2D eigenvalue weighted by atomic mass is 79.9. The number of hydrogen-bond acceptors (Lipinski definition) is 3. The van der Waals surface area contributed by atoms with Gasteiger partial charge in [-0.2, -0.15) is 5.10 Å². The molecular weight excluding hydrogens is 316 g/mol. The van der Waals surface area contributed by atoms with Crippen molar-refractivity contribution in [3.8, 4) is 0 Å². The Labute approximate surface area is 129 Å². The average Bonchev–Trinajstić information content (AvgIpc) is 3.18. The summed E-state index contributed by atoms with van der Waals surface area (Å²) in [5.41, 5.74) is 8.14. The smallest absolute Gasteiger partial charge is 0.0712 e. The quantitative estimate of drug-likeness (QED) is 0.916. The molecule has 0 amide bonds. The number of likely N-dealkylation sites (tertiary alicyclic amines) is 1. The third kappa shape index (κ3) is 2.24. The summed E-state index contributed by atoms with van der Waals surface area (Å²) in [6, 6.07) is 0.0555. The molecule has 1 aliphatic carbocycles. The van der Waals surface area contributed by atoms with Crippen molar-refractivity contribution in [3.63, 3.8) is 0 Å². The predicted octanol–water partition coefficient (Wildman–Crippen LogP) is 3.07. The van der Waals surface area contributed by atoms with Crippen LogP contribution in [0.25, 0.3) is 0 Å². The van der Waals surface area contributed by atoms with E-state index in [-0.39, 0.29) is 11.6 Å². The van der Waals surface area contributed by atoms with E-state index in [1.807, 2.05) is 6.20 Å². The van der Waals surface area contributed by atoms with Crippen molar-refractivity contribution in [2.75, 3.05) is 13.1 Å². The molecule has 1 saturated heterocycles. The van der Waals surface area contributed by atoms with E-state index < -0.39 is 0 Å². The molecule has 2 fully saturated rings. The van der Waals surface area contributed by atoms with Gasteiger partial charge in [0, 0.05) is 12.1 Å². The Hall–Kier alpha value is -0.390. The van der Waals surface area contributed by atoms with E-state index in [0.717, 1.165) is 11.0 Å². The maximum Gasteiger partial charge on any atom is 0.0712 e. The Morgan fingerprint density at radius 2 is 1.95 bits per heavy atom. The molecule has 1 aliphatic heterocycles. The molecule has 5 heteroatoms. The van der Waals surface area contributed by atoms with Crippen molar-refractivity contribution in [1.82, 2.24) is 14.7 Å². The average molecular weight is 341 g/mol. The lowest BCUT2D eigenvalue weighted by Gasteiger charge is -2.43. The topological polar surface area (TPSA) is 47.1 Å². The minimum Gasteiger partial charge on any atom is -0.321 e. The summed E-state index contributed by atoms with van der Waals surface area (Å²) in [5.74, 6) is 0. The van der Waals surface area contributed by atoms with Crippen molar-refractivity contribution in [1.29, 1.82) is 0 Å². The summed E-state index contributed by atoms with van der Waals surface area (Å²) in [5, 5.41) is 4.46. The second-order valence-corrected chi connectivity index (χ2v) is 7.03. The standard InChI is InChI=1S/C15H25BrN4/c1-2-20-13(12(16)11-18-20)14(17)15(7-3-4-8-15)19-9-5-6-10-19/h11,14H,2-10,17H2,1H3. The zero-order chi connectivity index (χ0) is 14.2. The van der Waals surface area contributed by atoms with E-state index in [2.05, 4.69) is 37.5 Å². The Morgan fingerprint density at radius 3 is 2.55 bits per heavy atom. The Kier molecular flexibility index (Phi) is 4.20. The molecule has 2 aliphatic rings. The van der Waals surface area contributed by atoms with Crippen LogP contribution in [-0.2, 0) is 6.54 Å². The summed E-state index contributed by atoms with van der Waals surface area (Å²) in [6.07, 6.45) is 9.62. The van der Waals surface area contributed by atoms with Crippen molar-refractivity contribution in [2.45, 2.75) is 63.6 Å². The van der Waals surface area contributed by atoms with Crippen LogP contribution >= 0.6 is 15.9 Å². The first-order chi connectivity index (χ1) is 9.69. The molecular formula is C15H25BrN4. The molecule has 1 aromatic heterocycles. The lowest BCUT2D eigenvalue weighted by atomic mass is 9.84. The molecule has 1 aromatic rings. The SMILES string of the molecule is CCn1ncc(Br)c1C(N)C1(N2CCCC2)CCCC1. The van der Waals surface area contributed by atoms with E-state index in [4.69, 9.17) is 5.73 Å². The Bertz CT molecular complexity index is 458. The summed E-state index contributed by atoms with van der Waals surface area (Å²) in [6.45, 7) is 5.44. The van der Waals surface area contributed by atoms with Gasteiger partial charge in [0.15, 0.2) is 0 Å². The maximum atomic E-state index is 6.80. The van der Waals surface area contributed by atoms with Gasteiger partial charge in [0.1, 0.15) is 0 Å². The minimum absolute atomic E-state index is 0.0555. The highest BCUT2D eigenvalue weighted by molar-refractivity contribution is 9.10. The molecule has 0 bridgehead atoms. The molecule has 0 radical (unpaired) electrons. The van der Waals surface area contributed by atoms with Crippen LogP contribution in [0.5, 0.6) is 0 Å².